The van der Waals surface area contributed by atoms with Crippen molar-refractivity contribution >= 4 is 5.97 Å². The normalized spacial score (nSPS) is 35.7. The summed E-state index contributed by atoms with van der Waals surface area (Å²) in [7, 11) is 0. The Morgan fingerprint density at radius 3 is 1.28 bits per heavy atom. The van der Waals surface area contributed by atoms with Crippen molar-refractivity contribution in [3.8, 4) is 0 Å². The van der Waals surface area contributed by atoms with Crippen molar-refractivity contribution in [2.45, 2.75) is 242 Å². The van der Waals surface area contributed by atoms with Crippen LogP contribution in [0.3, 0.4) is 0 Å². The van der Waals surface area contributed by atoms with Gasteiger partial charge in [0.25, 0.3) is 0 Å². The highest BCUT2D eigenvalue weighted by atomic mass is 16.5. The van der Waals surface area contributed by atoms with Crippen molar-refractivity contribution in [3.05, 3.63) is 11.6 Å². The Morgan fingerprint density at radius 1 is 0.547 bits per heavy atom. The van der Waals surface area contributed by atoms with Crippen LogP contribution in [-0.2, 0) is 9.53 Å². The van der Waals surface area contributed by atoms with Crippen molar-refractivity contribution in [3.63, 3.8) is 0 Å². The van der Waals surface area contributed by atoms with Gasteiger partial charge in [0.2, 0.25) is 0 Å². The largest absolute Gasteiger partial charge is 0.459 e. The van der Waals surface area contributed by atoms with Crippen molar-refractivity contribution in [1.82, 2.24) is 0 Å². The molecule has 0 aliphatic carbocycles. The van der Waals surface area contributed by atoms with Crippen LogP contribution in [0.2, 0.25) is 0 Å². The molecule has 1 rings (SSSR count). The third-order valence-electron chi connectivity index (χ3n) is 10.9. The fourth-order valence-electron chi connectivity index (χ4n) is 7.46. The summed E-state index contributed by atoms with van der Waals surface area (Å²) in [5.74, 6) is -0.397. The minimum absolute atomic E-state index is 0.0578. The van der Waals surface area contributed by atoms with Crippen LogP contribution < -0.4 is 0 Å². The van der Waals surface area contributed by atoms with Crippen LogP contribution in [0.15, 0.2) is 11.6 Å². The maximum absolute atomic E-state index is 12.9. The number of unbranched alkanes of at least 4 members (excludes halogenated alkanes) is 1. The molecule has 9 N–H and O–H groups in total. The van der Waals surface area contributed by atoms with E-state index >= 15 is 0 Å². The number of carbonyl (C=O) groups excluding carboxylic acids is 1. The van der Waals surface area contributed by atoms with Gasteiger partial charge in [-0.3, -0.25) is 0 Å². The lowest BCUT2D eigenvalue weighted by atomic mass is 9.92. The molecule has 0 spiro atoms. The molecule has 11 heteroatoms. The number of hydrogen-bond donors (Lipinski definition) is 9. The van der Waals surface area contributed by atoms with Crippen molar-refractivity contribution in [1.29, 1.82) is 0 Å². The first-order valence-corrected chi connectivity index (χ1v) is 21.2. The molecule has 53 heavy (non-hydrogen) atoms. The lowest BCUT2D eigenvalue weighted by molar-refractivity contribution is -0.147. The average Bonchev–Trinajstić information content (AvgIpc) is 3.06. The van der Waals surface area contributed by atoms with Crippen LogP contribution >= 0.6 is 0 Å². The molecule has 1 heterocycles. The highest BCUT2D eigenvalue weighted by Crippen LogP contribution is 2.24. The molecule has 1 aliphatic rings. The van der Waals surface area contributed by atoms with Crippen molar-refractivity contribution in [2.24, 2.45) is 5.92 Å². The van der Waals surface area contributed by atoms with Gasteiger partial charge in [0.15, 0.2) is 0 Å². The van der Waals surface area contributed by atoms with Gasteiger partial charge >= 0.3 is 5.97 Å². The van der Waals surface area contributed by atoms with Gasteiger partial charge in [-0.1, -0.05) is 32.3 Å². The second-order valence-corrected chi connectivity index (χ2v) is 16.5. The summed E-state index contributed by atoms with van der Waals surface area (Å²) in [6.45, 7) is 5.99. The third-order valence-corrected chi connectivity index (χ3v) is 10.9. The summed E-state index contributed by atoms with van der Waals surface area (Å²) < 4.78 is 5.88. The lowest BCUT2D eigenvalue weighted by Gasteiger charge is -2.26. The molecule has 0 radical (unpaired) electrons. The molecule has 1 aliphatic heterocycles. The van der Waals surface area contributed by atoms with E-state index < -0.39 is 67.0 Å². The van der Waals surface area contributed by atoms with Gasteiger partial charge in [-0.25, -0.2) is 4.79 Å². The fourth-order valence-corrected chi connectivity index (χ4v) is 7.46. The zero-order chi connectivity index (χ0) is 39.6. The maximum atomic E-state index is 12.9. The molecule has 0 fully saturated rings. The Kier molecular flexibility index (Phi) is 28.3. The number of carbonyl (C=O) groups is 1. The van der Waals surface area contributed by atoms with Crippen LogP contribution in [0.4, 0.5) is 0 Å². The summed E-state index contributed by atoms with van der Waals surface area (Å²) in [6, 6.07) is 0. The Balaban J connectivity index is 2.79. The topological polar surface area (TPSA) is 208 Å². The number of esters is 1. The molecule has 0 amide bonds. The second-order valence-electron chi connectivity index (χ2n) is 16.5. The van der Waals surface area contributed by atoms with Crippen LogP contribution in [0.5, 0.6) is 0 Å². The third kappa shape index (κ3) is 27.2. The molecule has 0 aromatic rings. The molecule has 0 aromatic carbocycles. The van der Waals surface area contributed by atoms with E-state index in [0.29, 0.717) is 122 Å². The SMILES string of the molecule is CCCCC(C)C1C[C@@H](O)CCC[C@H](O)C[C@@H](O)C[C@@H](O)CCCC(O)CCCC(O)CCCC(O)CCCC(O)CC(O)CCC/C(C)=C/C(=O)O1. The Bertz CT molecular complexity index is 933. The highest BCUT2D eigenvalue weighted by molar-refractivity contribution is 5.82. The Labute approximate surface area is 320 Å². The molecule has 11 nitrogen and oxygen atoms in total. The van der Waals surface area contributed by atoms with E-state index in [-0.39, 0.29) is 25.2 Å². The minimum Gasteiger partial charge on any atom is -0.459 e. The molecule has 11 atom stereocenters. The first-order chi connectivity index (χ1) is 25.2. The predicted molar refractivity (Wildman–Crippen MR) is 208 cm³/mol. The van der Waals surface area contributed by atoms with Crippen molar-refractivity contribution < 1.29 is 55.5 Å². The van der Waals surface area contributed by atoms with Gasteiger partial charge in [-0.15, -0.1) is 0 Å². The highest BCUT2D eigenvalue weighted by Gasteiger charge is 2.25. The zero-order valence-electron chi connectivity index (χ0n) is 33.4. The van der Waals surface area contributed by atoms with Gasteiger partial charge in [-0.05, 0) is 154 Å². The molecule has 0 saturated heterocycles. The first-order valence-electron chi connectivity index (χ1n) is 21.2. The molecule has 0 saturated carbocycles. The van der Waals surface area contributed by atoms with E-state index in [1.165, 1.54) is 6.08 Å². The smallest absolute Gasteiger partial charge is 0.330 e. The Hall–Kier alpha value is -1.15. The zero-order valence-corrected chi connectivity index (χ0v) is 33.4. The lowest BCUT2D eigenvalue weighted by Crippen LogP contribution is -2.29. The van der Waals surface area contributed by atoms with E-state index in [4.69, 9.17) is 4.74 Å². The molecule has 7 unspecified atom stereocenters. The van der Waals surface area contributed by atoms with Gasteiger partial charge < -0.3 is 50.7 Å². The number of aliphatic hydroxyl groups excluding tert-OH is 9. The van der Waals surface area contributed by atoms with Gasteiger partial charge in [0.05, 0.1) is 54.9 Å². The van der Waals surface area contributed by atoms with Gasteiger partial charge in [0.1, 0.15) is 6.10 Å². The molecule has 0 bridgehead atoms. The van der Waals surface area contributed by atoms with Crippen LogP contribution in [0.25, 0.3) is 0 Å². The van der Waals surface area contributed by atoms with Crippen LogP contribution in [0, 0.1) is 5.92 Å². The number of ether oxygens (including phenoxy) is 1. The van der Waals surface area contributed by atoms with Gasteiger partial charge in [-0.2, -0.15) is 0 Å². The number of hydrogen-bond acceptors (Lipinski definition) is 11. The monoisotopic (exact) mass is 761 g/mol. The van der Waals surface area contributed by atoms with E-state index in [9.17, 15) is 50.8 Å². The maximum Gasteiger partial charge on any atom is 0.330 e. The minimum atomic E-state index is -0.869. The molecule has 0 aromatic heterocycles. The summed E-state index contributed by atoms with van der Waals surface area (Å²) in [5, 5.41) is 94.2. The van der Waals surface area contributed by atoms with Crippen LogP contribution in [0.1, 0.15) is 181 Å². The molecular formula is C42H80O11. The van der Waals surface area contributed by atoms with Gasteiger partial charge in [0, 0.05) is 12.5 Å². The number of aliphatic hydroxyl groups is 9. The number of cyclic esters (lactones) is 1. The average molecular weight is 761 g/mol. The predicted octanol–water partition coefficient (Wildman–Crippen LogP) is 5.51. The summed E-state index contributed by atoms with van der Waals surface area (Å²) in [4.78, 5) is 12.9. The molecule has 314 valence electrons. The van der Waals surface area contributed by atoms with Crippen LogP contribution in [-0.4, -0.2) is 113 Å². The summed E-state index contributed by atoms with van der Waals surface area (Å²) >= 11 is 0. The Morgan fingerprint density at radius 2 is 0.887 bits per heavy atom. The quantitative estimate of drug-likeness (QED) is 0.163. The van der Waals surface area contributed by atoms with Crippen molar-refractivity contribution in [2.75, 3.05) is 0 Å². The number of allylic oxidation sites excluding steroid dienone is 1. The summed E-state index contributed by atoms with van der Waals surface area (Å²) in [6.07, 6.45) is 8.57. The fraction of sp³-hybridized carbons (Fsp3) is 0.929. The van der Waals surface area contributed by atoms with E-state index in [1.54, 1.807) is 0 Å². The number of rotatable bonds is 4. The second kappa shape index (κ2) is 30.0. The first kappa shape index (κ1) is 49.9. The van der Waals surface area contributed by atoms with E-state index in [0.717, 1.165) is 24.8 Å². The molecular weight excluding hydrogens is 680 g/mol. The van der Waals surface area contributed by atoms with E-state index in [2.05, 4.69) is 6.92 Å². The van der Waals surface area contributed by atoms with E-state index in [1.807, 2.05) is 13.8 Å². The standard InChI is InChI=1S/C42H80O11/c1-4-5-13-31(3)41-29-39(50)24-11-23-38(49)28-40(51)27-37(48)22-10-19-34(45)17-8-15-32(43)14-7-16-33(44)18-9-21-36(47)26-35(46)20-6-12-30(2)25-42(52)53-41/h25,31-41,43-51H,4-24,26-29H2,1-3H3/b30-25+/t31?,32?,33?,34?,35?,36?,37-,38-,39-,40-,41?/m0/s1. The summed E-state index contributed by atoms with van der Waals surface area (Å²) in [5.41, 5.74) is 0.829.